The molecule has 3 aromatic rings. The van der Waals surface area contributed by atoms with Crippen LogP contribution in [0.2, 0.25) is 0 Å². The fourth-order valence-electron chi connectivity index (χ4n) is 4.77. The third-order valence-electron chi connectivity index (χ3n) is 6.49. The van der Waals surface area contributed by atoms with E-state index < -0.39 is 0 Å². The minimum Gasteiger partial charge on any atom is -0.496 e. The molecule has 1 aliphatic rings. The van der Waals surface area contributed by atoms with E-state index in [1.54, 1.807) is 11.7 Å². The van der Waals surface area contributed by atoms with E-state index in [0.29, 0.717) is 42.8 Å². The number of methoxy groups -OCH3 is 1. The summed E-state index contributed by atoms with van der Waals surface area (Å²) in [5.41, 5.74) is 2.42. The average molecular weight is 440 g/mol. The van der Waals surface area contributed by atoms with E-state index in [1.807, 2.05) is 37.5 Å². The molecular weight excluding hydrogens is 406 g/mol. The Hall–Kier alpha value is -3.03. The Balaban J connectivity index is 1.90. The zero-order chi connectivity index (χ0) is 22.8. The summed E-state index contributed by atoms with van der Waals surface area (Å²) in [7, 11) is 1.66. The van der Waals surface area contributed by atoms with Crippen molar-refractivity contribution in [3.05, 3.63) is 50.2 Å². The van der Waals surface area contributed by atoms with E-state index in [9.17, 15) is 9.59 Å². The maximum atomic E-state index is 13.4. The second-order valence-electron chi connectivity index (χ2n) is 8.55. The number of hydrogen-bond donors (Lipinski definition) is 1. The van der Waals surface area contributed by atoms with Gasteiger partial charge in [-0.15, -0.1) is 0 Å². The maximum absolute atomic E-state index is 13.4. The molecule has 2 aromatic heterocycles. The van der Waals surface area contributed by atoms with Gasteiger partial charge in [-0.3, -0.25) is 18.5 Å². The number of rotatable bonds is 7. The second-order valence-corrected chi connectivity index (χ2v) is 8.55. The highest BCUT2D eigenvalue weighted by Gasteiger charge is 2.23. The SMILES string of the molecule is CCn1c(=O)c2c(nc(NC3CCCCC3)n2Cc2ccc(OC)c(C)c2)n(CC)c1=O. The highest BCUT2D eigenvalue weighted by atomic mass is 16.5. The lowest BCUT2D eigenvalue weighted by atomic mass is 9.96. The first-order valence-corrected chi connectivity index (χ1v) is 11.6. The predicted octanol–water partition coefficient (Wildman–Crippen LogP) is 3.51. The molecule has 1 N–H and O–H groups in total. The van der Waals surface area contributed by atoms with Gasteiger partial charge >= 0.3 is 5.69 Å². The van der Waals surface area contributed by atoms with Crippen molar-refractivity contribution in [2.75, 3.05) is 12.4 Å². The number of anilines is 1. The molecule has 8 nitrogen and oxygen atoms in total. The van der Waals surface area contributed by atoms with E-state index >= 15 is 0 Å². The van der Waals surface area contributed by atoms with Crippen LogP contribution in [0, 0.1) is 6.92 Å². The Morgan fingerprint density at radius 2 is 1.78 bits per heavy atom. The number of ether oxygens (including phenoxy) is 1. The van der Waals surface area contributed by atoms with Crippen LogP contribution in [-0.2, 0) is 19.6 Å². The topological polar surface area (TPSA) is 83.1 Å². The van der Waals surface area contributed by atoms with Crippen LogP contribution >= 0.6 is 0 Å². The summed E-state index contributed by atoms with van der Waals surface area (Å²) in [6.07, 6.45) is 5.82. The molecule has 0 saturated heterocycles. The van der Waals surface area contributed by atoms with Gasteiger partial charge in [-0.2, -0.15) is 4.98 Å². The lowest BCUT2D eigenvalue weighted by Crippen LogP contribution is -2.40. The number of fused-ring (bicyclic) bond motifs is 1. The summed E-state index contributed by atoms with van der Waals surface area (Å²) in [6, 6.07) is 6.36. The van der Waals surface area contributed by atoms with E-state index in [0.717, 1.165) is 29.7 Å². The van der Waals surface area contributed by atoms with Crippen molar-refractivity contribution < 1.29 is 4.74 Å². The number of aryl methyl sites for hydroxylation is 2. The van der Waals surface area contributed by atoms with Gasteiger partial charge in [0, 0.05) is 19.1 Å². The summed E-state index contributed by atoms with van der Waals surface area (Å²) in [4.78, 5) is 31.1. The smallest absolute Gasteiger partial charge is 0.332 e. The molecule has 0 amide bonds. The van der Waals surface area contributed by atoms with Crippen molar-refractivity contribution in [2.24, 2.45) is 0 Å². The number of nitrogens with zero attached hydrogens (tertiary/aromatic N) is 4. The summed E-state index contributed by atoms with van der Waals surface area (Å²) in [6.45, 7) is 7.00. The zero-order valence-electron chi connectivity index (χ0n) is 19.5. The number of aromatic nitrogens is 4. The van der Waals surface area contributed by atoms with Crippen LogP contribution in [0.15, 0.2) is 27.8 Å². The number of benzene rings is 1. The molecule has 2 heterocycles. The van der Waals surface area contributed by atoms with Gasteiger partial charge in [0.25, 0.3) is 5.56 Å². The van der Waals surface area contributed by atoms with E-state index in [-0.39, 0.29) is 11.2 Å². The zero-order valence-corrected chi connectivity index (χ0v) is 19.5. The Morgan fingerprint density at radius 1 is 1.06 bits per heavy atom. The minimum atomic E-state index is -0.304. The molecule has 0 unspecified atom stereocenters. The van der Waals surface area contributed by atoms with Gasteiger partial charge in [0.15, 0.2) is 11.2 Å². The first-order chi connectivity index (χ1) is 15.5. The van der Waals surface area contributed by atoms with E-state index in [1.165, 1.54) is 23.8 Å². The number of hydrogen-bond acceptors (Lipinski definition) is 5. The molecule has 0 aliphatic heterocycles. The number of nitrogens with one attached hydrogen (secondary N) is 1. The fraction of sp³-hybridized carbons (Fsp3) is 0.542. The van der Waals surface area contributed by atoms with Crippen molar-refractivity contribution in [1.29, 1.82) is 0 Å². The largest absolute Gasteiger partial charge is 0.496 e. The van der Waals surface area contributed by atoms with Gasteiger partial charge in [0.2, 0.25) is 5.95 Å². The molecule has 0 bridgehead atoms. The van der Waals surface area contributed by atoms with Crippen molar-refractivity contribution in [2.45, 2.75) is 78.6 Å². The Kier molecular flexibility index (Phi) is 6.39. The van der Waals surface area contributed by atoms with Gasteiger partial charge in [0.1, 0.15) is 5.75 Å². The van der Waals surface area contributed by atoms with E-state index in [4.69, 9.17) is 9.72 Å². The Labute approximate surface area is 187 Å². The first kappa shape index (κ1) is 22.2. The second kappa shape index (κ2) is 9.22. The molecule has 32 heavy (non-hydrogen) atoms. The maximum Gasteiger partial charge on any atom is 0.332 e. The first-order valence-electron chi connectivity index (χ1n) is 11.6. The van der Waals surface area contributed by atoms with Crippen LogP contribution in [0.4, 0.5) is 5.95 Å². The van der Waals surface area contributed by atoms with Gasteiger partial charge in [0.05, 0.1) is 13.7 Å². The van der Waals surface area contributed by atoms with Crippen LogP contribution in [0.1, 0.15) is 57.1 Å². The summed E-state index contributed by atoms with van der Waals surface area (Å²) in [5.74, 6) is 1.49. The molecule has 0 spiro atoms. The molecule has 172 valence electrons. The van der Waals surface area contributed by atoms with Gasteiger partial charge < -0.3 is 10.1 Å². The van der Waals surface area contributed by atoms with Crippen molar-refractivity contribution in [3.63, 3.8) is 0 Å². The Bertz CT molecular complexity index is 1230. The molecule has 8 heteroatoms. The van der Waals surface area contributed by atoms with Crippen LogP contribution in [0.3, 0.4) is 0 Å². The van der Waals surface area contributed by atoms with Crippen molar-refractivity contribution in [1.82, 2.24) is 18.7 Å². The van der Waals surface area contributed by atoms with Crippen LogP contribution in [0.25, 0.3) is 11.2 Å². The molecule has 1 fully saturated rings. The molecule has 1 saturated carbocycles. The molecule has 4 rings (SSSR count). The van der Waals surface area contributed by atoms with Crippen LogP contribution in [0.5, 0.6) is 5.75 Å². The third kappa shape index (κ3) is 3.94. The van der Waals surface area contributed by atoms with Crippen LogP contribution < -0.4 is 21.3 Å². The summed E-state index contributed by atoms with van der Waals surface area (Å²) in [5, 5.41) is 3.60. The van der Waals surface area contributed by atoms with Gasteiger partial charge in [-0.05, 0) is 50.8 Å². The quantitative estimate of drug-likeness (QED) is 0.609. The molecule has 1 aromatic carbocycles. The van der Waals surface area contributed by atoms with Gasteiger partial charge in [-0.25, -0.2) is 4.79 Å². The third-order valence-corrected chi connectivity index (χ3v) is 6.49. The monoisotopic (exact) mass is 439 g/mol. The highest BCUT2D eigenvalue weighted by molar-refractivity contribution is 5.74. The van der Waals surface area contributed by atoms with Gasteiger partial charge in [-0.1, -0.05) is 31.4 Å². The lowest BCUT2D eigenvalue weighted by Gasteiger charge is -2.23. The summed E-state index contributed by atoms with van der Waals surface area (Å²) >= 11 is 0. The standard InChI is InChI=1S/C24H33N5O3/c1-5-27-21-20(22(30)28(6-2)24(27)31)29(15-17-12-13-19(32-4)16(3)14-17)23(26-21)25-18-10-8-7-9-11-18/h12-14,18H,5-11,15H2,1-4H3,(H,25,26). The predicted molar refractivity (Wildman–Crippen MR) is 127 cm³/mol. The number of imidazole rings is 1. The van der Waals surface area contributed by atoms with Crippen molar-refractivity contribution >= 4 is 17.1 Å². The normalized spacial score (nSPS) is 14.8. The summed E-state index contributed by atoms with van der Waals surface area (Å²) < 4.78 is 10.2. The lowest BCUT2D eigenvalue weighted by molar-refractivity contribution is 0.411. The Morgan fingerprint density at radius 3 is 2.41 bits per heavy atom. The molecule has 0 atom stereocenters. The highest BCUT2D eigenvalue weighted by Crippen LogP contribution is 2.25. The molecule has 1 aliphatic carbocycles. The van der Waals surface area contributed by atoms with Crippen LogP contribution in [-0.4, -0.2) is 31.8 Å². The minimum absolute atomic E-state index is 0.286. The molecular formula is C24H33N5O3. The molecule has 0 radical (unpaired) electrons. The fourth-order valence-corrected chi connectivity index (χ4v) is 4.77. The van der Waals surface area contributed by atoms with Crippen molar-refractivity contribution in [3.8, 4) is 5.75 Å². The average Bonchev–Trinajstić information content (AvgIpc) is 3.13. The van der Waals surface area contributed by atoms with E-state index in [2.05, 4.69) is 11.4 Å².